The van der Waals surface area contributed by atoms with E-state index in [0.717, 1.165) is 43.8 Å². The van der Waals surface area contributed by atoms with Gasteiger partial charge in [0.25, 0.3) is 0 Å². The SMILES string of the molecule is O=C([C@H](c1ccccc1)N1CCN(c2ccc(C(F)(F)F)cn2)CC1)N1CCCC1. The van der Waals surface area contributed by atoms with E-state index in [1.54, 1.807) is 0 Å². The lowest BCUT2D eigenvalue weighted by Gasteiger charge is -2.40. The van der Waals surface area contributed by atoms with Gasteiger partial charge in [-0.05, 0) is 30.5 Å². The molecular formula is C22H25F3N4O. The van der Waals surface area contributed by atoms with Gasteiger partial charge in [0, 0.05) is 45.5 Å². The summed E-state index contributed by atoms with van der Waals surface area (Å²) in [5.41, 5.74) is 0.237. The standard InChI is InChI=1S/C22H25F3N4O/c23-22(24,25)18-8-9-19(26-16-18)27-12-14-28(15-13-27)20(17-6-2-1-3-7-17)21(30)29-10-4-5-11-29/h1-3,6-9,16,20H,4-5,10-15H2/t20-/m0/s1. The highest BCUT2D eigenvalue weighted by atomic mass is 19.4. The van der Waals surface area contributed by atoms with Crippen LogP contribution in [0.5, 0.6) is 0 Å². The van der Waals surface area contributed by atoms with E-state index in [4.69, 9.17) is 0 Å². The second kappa shape index (κ2) is 8.63. The van der Waals surface area contributed by atoms with Crippen LogP contribution in [0.3, 0.4) is 0 Å². The molecule has 0 spiro atoms. The zero-order valence-corrected chi connectivity index (χ0v) is 16.7. The number of pyridine rings is 1. The summed E-state index contributed by atoms with van der Waals surface area (Å²) in [5.74, 6) is 0.671. The van der Waals surface area contributed by atoms with Gasteiger partial charge in [0.1, 0.15) is 11.9 Å². The van der Waals surface area contributed by atoms with Crippen LogP contribution in [0.1, 0.15) is 30.0 Å². The molecule has 0 radical (unpaired) electrons. The first-order chi connectivity index (χ1) is 14.4. The Labute approximate surface area is 174 Å². The number of hydrogen-bond acceptors (Lipinski definition) is 4. The molecule has 3 heterocycles. The lowest BCUT2D eigenvalue weighted by atomic mass is 10.0. The van der Waals surface area contributed by atoms with E-state index in [0.29, 0.717) is 32.0 Å². The van der Waals surface area contributed by atoms with E-state index in [9.17, 15) is 18.0 Å². The maximum atomic E-state index is 13.3. The Morgan fingerprint density at radius 1 is 0.900 bits per heavy atom. The summed E-state index contributed by atoms with van der Waals surface area (Å²) < 4.78 is 38.3. The van der Waals surface area contributed by atoms with Crippen molar-refractivity contribution in [2.75, 3.05) is 44.2 Å². The van der Waals surface area contributed by atoms with Gasteiger partial charge in [-0.2, -0.15) is 13.2 Å². The van der Waals surface area contributed by atoms with E-state index < -0.39 is 11.7 Å². The van der Waals surface area contributed by atoms with Crippen molar-refractivity contribution in [2.45, 2.75) is 25.1 Å². The van der Waals surface area contributed by atoms with Gasteiger partial charge < -0.3 is 9.80 Å². The quantitative estimate of drug-likeness (QED) is 0.761. The summed E-state index contributed by atoms with van der Waals surface area (Å²) in [6, 6.07) is 12.0. The molecule has 160 valence electrons. The highest BCUT2D eigenvalue weighted by Crippen LogP contribution is 2.30. The largest absolute Gasteiger partial charge is 0.417 e. The van der Waals surface area contributed by atoms with Gasteiger partial charge in [-0.1, -0.05) is 30.3 Å². The predicted octanol–water partition coefficient (Wildman–Crippen LogP) is 3.59. The Balaban J connectivity index is 1.46. The summed E-state index contributed by atoms with van der Waals surface area (Å²) in [4.78, 5) is 23.4. The smallest absolute Gasteiger partial charge is 0.354 e. The maximum absolute atomic E-state index is 13.3. The highest BCUT2D eigenvalue weighted by molar-refractivity contribution is 5.83. The van der Waals surface area contributed by atoms with Crippen LogP contribution in [-0.2, 0) is 11.0 Å². The number of aromatic nitrogens is 1. The molecule has 5 nitrogen and oxygen atoms in total. The molecule has 2 aromatic rings. The third-order valence-corrected chi connectivity index (χ3v) is 5.85. The van der Waals surface area contributed by atoms with Gasteiger partial charge in [-0.15, -0.1) is 0 Å². The Kier molecular flexibility index (Phi) is 5.94. The van der Waals surface area contributed by atoms with Crippen LogP contribution in [0, 0.1) is 0 Å². The molecule has 30 heavy (non-hydrogen) atoms. The van der Waals surface area contributed by atoms with Gasteiger partial charge in [-0.25, -0.2) is 4.98 Å². The van der Waals surface area contributed by atoms with Crippen LogP contribution in [-0.4, -0.2) is 60.0 Å². The molecule has 1 amide bonds. The number of halogens is 3. The minimum Gasteiger partial charge on any atom is -0.354 e. The second-order valence-electron chi connectivity index (χ2n) is 7.77. The van der Waals surface area contributed by atoms with Crippen molar-refractivity contribution in [1.82, 2.24) is 14.8 Å². The summed E-state index contributed by atoms with van der Waals surface area (Å²) >= 11 is 0. The van der Waals surface area contributed by atoms with E-state index in [-0.39, 0.29) is 11.9 Å². The minimum atomic E-state index is -4.39. The van der Waals surface area contributed by atoms with Crippen LogP contribution < -0.4 is 4.90 Å². The number of benzene rings is 1. The number of amides is 1. The normalized spacial score (nSPS) is 19.2. The van der Waals surface area contributed by atoms with Crippen molar-refractivity contribution < 1.29 is 18.0 Å². The third-order valence-electron chi connectivity index (χ3n) is 5.85. The number of carbonyl (C=O) groups excluding carboxylic acids is 1. The van der Waals surface area contributed by atoms with E-state index in [2.05, 4.69) is 9.88 Å². The molecular weight excluding hydrogens is 393 g/mol. The van der Waals surface area contributed by atoms with Crippen molar-refractivity contribution in [3.63, 3.8) is 0 Å². The first-order valence-corrected chi connectivity index (χ1v) is 10.3. The molecule has 2 saturated heterocycles. The van der Waals surface area contributed by atoms with E-state index in [1.807, 2.05) is 40.1 Å². The first kappa shape index (κ1) is 20.7. The Morgan fingerprint density at radius 2 is 1.57 bits per heavy atom. The highest BCUT2D eigenvalue weighted by Gasteiger charge is 2.35. The summed E-state index contributed by atoms with van der Waals surface area (Å²) in [6.45, 7) is 4.10. The van der Waals surface area contributed by atoms with Crippen LogP contribution in [0.15, 0.2) is 48.7 Å². The van der Waals surface area contributed by atoms with Gasteiger partial charge in [-0.3, -0.25) is 9.69 Å². The van der Waals surface area contributed by atoms with Gasteiger partial charge in [0.05, 0.1) is 5.56 Å². The van der Waals surface area contributed by atoms with Gasteiger partial charge in [0.15, 0.2) is 0 Å². The van der Waals surface area contributed by atoms with Crippen LogP contribution in [0.25, 0.3) is 0 Å². The van der Waals surface area contributed by atoms with Crippen molar-refractivity contribution in [2.24, 2.45) is 0 Å². The molecule has 1 atom stereocenters. The Hall–Kier alpha value is -2.61. The van der Waals surface area contributed by atoms with Crippen molar-refractivity contribution in [1.29, 1.82) is 0 Å². The van der Waals surface area contributed by atoms with E-state index in [1.165, 1.54) is 6.07 Å². The van der Waals surface area contributed by atoms with Crippen molar-refractivity contribution in [3.05, 3.63) is 59.8 Å². The minimum absolute atomic E-state index is 0.139. The van der Waals surface area contributed by atoms with Crippen molar-refractivity contribution >= 4 is 11.7 Å². The average molecular weight is 418 g/mol. The van der Waals surface area contributed by atoms with Crippen molar-refractivity contribution in [3.8, 4) is 0 Å². The Bertz CT molecular complexity index is 843. The first-order valence-electron chi connectivity index (χ1n) is 10.3. The molecule has 0 bridgehead atoms. The van der Waals surface area contributed by atoms with E-state index >= 15 is 0 Å². The number of nitrogens with zero attached hydrogens (tertiary/aromatic N) is 4. The Morgan fingerprint density at radius 3 is 2.13 bits per heavy atom. The summed E-state index contributed by atoms with van der Waals surface area (Å²) in [5, 5.41) is 0. The number of piperazine rings is 1. The zero-order chi connectivity index (χ0) is 21.1. The predicted molar refractivity (Wildman–Crippen MR) is 108 cm³/mol. The molecule has 0 saturated carbocycles. The lowest BCUT2D eigenvalue weighted by molar-refractivity contribution is -0.138. The number of hydrogen-bond donors (Lipinski definition) is 0. The lowest BCUT2D eigenvalue weighted by Crippen LogP contribution is -2.51. The third kappa shape index (κ3) is 4.43. The van der Waals surface area contributed by atoms with Crippen LogP contribution in [0.2, 0.25) is 0 Å². The van der Waals surface area contributed by atoms with Crippen LogP contribution in [0.4, 0.5) is 19.0 Å². The number of rotatable bonds is 4. The monoisotopic (exact) mass is 418 g/mol. The fraction of sp³-hybridized carbons (Fsp3) is 0.455. The number of alkyl halides is 3. The molecule has 1 aromatic carbocycles. The summed E-state index contributed by atoms with van der Waals surface area (Å²) in [6.07, 6.45) is -1.42. The van der Waals surface area contributed by atoms with Gasteiger partial charge in [0.2, 0.25) is 5.91 Å². The number of carbonyl (C=O) groups is 1. The molecule has 2 fully saturated rings. The molecule has 0 unspecified atom stereocenters. The molecule has 4 rings (SSSR count). The number of anilines is 1. The summed E-state index contributed by atoms with van der Waals surface area (Å²) in [7, 11) is 0. The fourth-order valence-corrected chi connectivity index (χ4v) is 4.21. The maximum Gasteiger partial charge on any atom is 0.417 e. The molecule has 1 aromatic heterocycles. The fourth-order valence-electron chi connectivity index (χ4n) is 4.21. The molecule has 8 heteroatoms. The molecule has 2 aliphatic heterocycles. The topological polar surface area (TPSA) is 39.7 Å². The molecule has 2 aliphatic rings. The second-order valence-corrected chi connectivity index (χ2v) is 7.77. The number of likely N-dealkylation sites (tertiary alicyclic amines) is 1. The molecule has 0 aliphatic carbocycles. The van der Waals surface area contributed by atoms with Crippen LogP contribution >= 0.6 is 0 Å². The average Bonchev–Trinajstić information content (AvgIpc) is 3.30. The zero-order valence-electron chi connectivity index (χ0n) is 16.7. The van der Waals surface area contributed by atoms with Gasteiger partial charge >= 0.3 is 6.18 Å². The molecule has 0 N–H and O–H groups in total.